The van der Waals surface area contributed by atoms with Crippen LogP contribution >= 0.6 is 12.2 Å². The Morgan fingerprint density at radius 3 is 2.36 bits per heavy atom. The molecule has 0 aliphatic heterocycles. The van der Waals surface area contributed by atoms with Gasteiger partial charge in [-0.3, -0.25) is 14.4 Å². The zero-order valence-electron chi connectivity index (χ0n) is 30.5. The molecule has 5 rings (SSSR count). The summed E-state index contributed by atoms with van der Waals surface area (Å²) in [6, 6.07) is 11.8. The molecule has 12 heteroatoms. The summed E-state index contributed by atoms with van der Waals surface area (Å²) in [7, 11) is 0. The van der Waals surface area contributed by atoms with Crippen molar-refractivity contribution in [1.29, 1.82) is 0 Å². The molecule has 0 fully saturated rings. The van der Waals surface area contributed by atoms with Crippen molar-refractivity contribution in [2.45, 2.75) is 97.3 Å². The number of hydrogen-bond donors (Lipinski definition) is 3. The smallest absolute Gasteiger partial charge is 0.418 e. The highest BCUT2D eigenvalue weighted by atomic mass is 32.1. The first-order valence-electron chi connectivity index (χ1n) is 18.3. The number of para-hydroxylation sites is 1. The predicted octanol–water partition coefficient (Wildman–Crippen LogP) is 8.87. The molecule has 5 atom stereocenters. The average molecular weight is 754 g/mol. The van der Waals surface area contributed by atoms with Crippen molar-refractivity contribution in [1.82, 2.24) is 15.6 Å². The third-order valence-corrected chi connectivity index (χ3v) is 11.5. The van der Waals surface area contributed by atoms with Gasteiger partial charge in [0, 0.05) is 60.7 Å². The third-order valence-electron chi connectivity index (χ3n) is 11.1. The maximum Gasteiger partial charge on any atom is 0.418 e. The molecule has 7 nitrogen and oxygen atoms in total. The zero-order chi connectivity index (χ0) is 38.5. The molecular formula is C41H47F4N3O4S. The summed E-state index contributed by atoms with van der Waals surface area (Å²) in [5.74, 6) is -3.09. The molecule has 2 unspecified atom stereocenters. The molecule has 0 bridgehead atoms. The molecule has 1 aliphatic rings. The molecule has 3 N–H and O–H groups in total. The largest absolute Gasteiger partial charge is 0.472 e. The highest BCUT2D eigenvalue weighted by Gasteiger charge is 2.46. The van der Waals surface area contributed by atoms with Gasteiger partial charge in [0.05, 0.1) is 28.6 Å². The molecule has 53 heavy (non-hydrogen) atoms. The van der Waals surface area contributed by atoms with Crippen LogP contribution in [0.2, 0.25) is 0 Å². The third kappa shape index (κ3) is 9.08. The van der Waals surface area contributed by atoms with Crippen molar-refractivity contribution in [3.63, 3.8) is 0 Å². The van der Waals surface area contributed by atoms with Gasteiger partial charge in [-0.1, -0.05) is 83.1 Å². The van der Waals surface area contributed by atoms with Crippen LogP contribution < -0.4 is 10.6 Å². The first-order chi connectivity index (χ1) is 25.2. The highest BCUT2D eigenvalue weighted by Crippen LogP contribution is 2.41. The molecule has 4 aromatic rings. The molecule has 0 radical (unpaired) electrons. The summed E-state index contributed by atoms with van der Waals surface area (Å²) in [5, 5.41) is 6.70. The maximum atomic E-state index is 14.9. The van der Waals surface area contributed by atoms with Gasteiger partial charge in [0.2, 0.25) is 5.91 Å². The number of fused-ring (bicyclic) bond motifs is 3. The van der Waals surface area contributed by atoms with Crippen molar-refractivity contribution >= 4 is 45.6 Å². The van der Waals surface area contributed by atoms with Crippen molar-refractivity contribution in [3.8, 4) is 0 Å². The average Bonchev–Trinajstić information content (AvgIpc) is 3.79. The number of Topliss-reactive ketones (excluding diaryl/α,β-unsaturated/α-hetero) is 2. The summed E-state index contributed by atoms with van der Waals surface area (Å²) in [4.78, 5) is 46.1. The number of aromatic nitrogens is 1. The minimum atomic E-state index is -4.60. The quantitative estimate of drug-likeness (QED) is 0.0781. The molecule has 0 saturated carbocycles. The second-order valence-corrected chi connectivity index (χ2v) is 15.0. The van der Waals surface area contributed by atoms with Crippen LogP contribution in [-0.4, -0.2) is 33.0 Å². The molecule has 2 aromatic carbocycles. The number of hydrogen-bond acceptors (Lipinski definition) is 5. The van der Waals surface area contributed by atoms with Crippen LogP contribution in [0.4, 0.5) is 17.6 Å². The Labute approximate surface area is 312 Å². The number of furan rings is 1. The van der Waals surface area contributed by atoms with Gasteiger partial charge in [-0.15, -0.1) is 0 Å². The van der Waals surface area contributed by atoms with Crippen LogP contribution in [0.25, 0.3) is 10.9 Å². The van der Waals surface area contributed by atoms with E-state index in [0.717, 1.165) is 18.1 Å². The number of aromatic amines is 1. The van der Waals surface area contributed by atoms with Crippen LogP contribution in [0, 0.1) is 29.5 Å². The van der Waals surface area contributed by atoms with Gasteiger partial charge in [0.25, 0.3) is 0 Å². The number of halogens is 4. The number of carbonyl (C=O) groups excluding carboxylic acids is 3. The summed E-state index contributed by atoms with van der Waals surface area (Å²) in [5.41, 5.74) is -0.105. The Morgan fingerprint density at radius 1 is 0.981 bits per heavy atom. The summed E-state index contributed by atoms with van der Waals surface area (Å²) < 4.78 is 61.8. The molecule has 1 amide bonds. The number of rotatable bonds is 16. The topological polar surface area (TPSA) is 104 Å². The number of benzene rings is 2. The Morgan fingerprint density at radius 2 is 1.70 bits per heavy atom. The van der Waals surface area contributed by atoms with Gasteiger partial charge >= 0.3 is 6.18 Å². The number of alkyl halides is 3. The fourth-order valence-corrected chi connectivity index (χ4v) is 7.79. The van der Waals surface area contributed by atoms with E-state index in [4.69, 9.17) is 16.6 Å². The van der Waals surface area contributed by atoms with E-state index < -0.39 is 40.8 Å². The first-order valence-corrected chi connectivity index (χ1v) is 18.7. The Kier molecular flexibility index (Phi) is 12.6. The standard InChI is InChI=1S/C41H47F4N3O4S/c1-5-24(3)30(19-28(49)18-27-10-7-8-13-34(27)42)38(51)48-40(36(50)20-31(25(4)6-2)39(53)46-22-26-15-17-52-23-26)16-14-35-32(21-40)29-11-9-12-33(37(29)47-35)41(43,44)45/h7-13,15,17,23-25,30-31,47H,5-6,14,16,18-22H2,1-4H3,(H,46,53)(H,48,51)/t24?,25?,30-,31-,40+/m0/s1. The summed E-state index contributed by atoms with van der Waals surface area (Å²) in [6.07, 6.45) is -0.209. The molecular weight excluding hydrogens is 707 g/mol. The van der Waals surface area contributed by atoms with Gasteiger partial charge in [0.1, 0.15) is 17.1 Å². The fraction of sp³-hybridized carbons (Fsp3) is 0.463. The van der Waals surface area contributed by atoms with Crippen LogP contribution in [0.3, 0.4) is 0 Å². The van der Waals surface area contributed by atoms with Gasteiger partial charge in [-0.25, -0.2) is 4.39 Å². The normalized spacial score (nSPS) is 18.1. The van der Waals surface area contributed by atoms with E-state index in [1.54, 1.807) is 24.7 Å². The second kappa shape index (κ2) is 16.8. The monoisotopic (exact) mass is 753 g/mol. The van der Waals surface area contributed by atoms with Crippen LogP contribution in [0.1, 0.15) is 87.7 Å². The van der Waals surface area contributed by atoms with Crippen molar-refractivity contribution in [2.75, 3.05) is 0 Å². The van der Waals surface area contributed by atoms with Gasteiger partial charge in [-0.05, 0) is 54.0 Å². The number of H-pyrrole nitrogens is 1. The summed E-state index contributed by atoms with van der Waals surface area (Å²) >= 11 is 5.84. The minimum absolute atomic E-state index is 0.0125. The second-order valence-electron chi connectivity index (χ2n) is 14.5. The molecule has 2 aromatic heterocycles. The molecule has 2 heterocycles. The van der Waals surface area contributed by atoms with Gasteiger partial charge < -0.3 is 20.0 Å². The molecule has 0 spiro atoms. The number of thiocarbonyl (C=S) groups is 1. The first kappa shape index (κ1) is 39.9. The Hall–Kier alpha value is -4.32. The van der Waals surface area contributed by atoms with E-state index >= 15 is 0 Å². The Bertz CT molecular complexity index is 1940. The molecule has 284 valence electrons. The predicted molar refractivity (Wildman–Crippen MR) is 200 cm³/mol. The van der Waals surface area contributed by atoms with E-state index in [9.17, 15) is 31.9 Å². The fourth-order valence-electron chi connectivity index (χ4n) is 7.40. The number of carbonyl (C=O) groups is 3. The van der Waals surface area contributed by atoms with Crippen molar-refractivity contribution < 1.29 is 36.4 Å². The van der Waals surface area contributed by atoms with Crippen LogP contribution in [-0.2, 0) is 46.4 Å². The number of ketones is 2. The molecule has 0 saturated heterocycles. The van der Waals surface area contributed by atoms with Crippen LogP contribution in [0.5, 0.6) is 0 Å². The lowest BCUT2D eigenvalue weighted by atomic mass is 9.72. The number of aryl methyl sites for hydroxylation is 1. The molecule has 1 aliphatic carbocycles. The van der Waals surface area contributed by atoms with E-state index in [-0.39, 0.29) is 73.0 Å². The Balaban J connectivity index is 1.49. The summed E-state index contributed by atoms with van der Waals surface area (Å²) in [6.45, 7) is 8.17. The lowest BCUT2D eigenvalue weighted by molar-refractivity contribution is -0.137. The maximum absolute atomic E-state index is 14.9. The lowest BCUT2D eigenvalue weighted by Crippen LogP contribution is -2.60. The van der Waals surface area contributed by atoms with Crippen molar-refractivity contribution in [3.05, 3.63) is 94.8 Å². The van der Waals surface area contributed by atoms with E-state index in [2.05, 4.69) is 15.6 Å². The van der Waals surface area contributed by atoms with Crippen LogP contribution in [0.15, 0.2) is 65.5 Å². The van der Waals surface area contributed by atoms with Gasteiger partial charge in [0.15, 0.2) is 5.78 Å². The number of amides is 1. The highest BCUT2D eigenvalue weighted by molar-refractivity contribution is 7.80. The minimum Gasteiger partial charge on any atom is -0.472 e. The van der Waals surface area contributed by atoms with E-state index in [0.29, 0.717) is 34.6 Å². The van der Waals surface area contributed by atoms with Gasteiger partial charge in [-0.2, -0.15) is 13.2 Å². The lowest BCUT2D eigenvalue weighted by Gasteiger charge is -2.40. The SMILES string of the molecule is CCC(C)[C@H](CC(=O)Cc1ccccc1F)C(=O)N[C@]1(C(=O)C[C@H](C(=S)NCc2ccoc2)C(C)CC)CCc2[nH]c3c(C(F)(F)F)cccc3c2C1. The number of nitrogens with one attached hydrogen (secondary N) is 3. The van der Waals surface area contributed by atoms with E-state index in [1.807, 2.05) is 33.8 Å². The van der Waals surface area contributed by atoms with Crippen molar-refractivity contribution in [2.24, 2.45) is 23.7 Å². The van der Waals surface area contributed by atoms with E-state index in [1.165, 1.54) is 24.3 Å². The zero-order valence-corrected chi connectivity index (χ0v) is 31.3.